The van der Waals surface area contributed by atoms with Gasteiger partial charge in [-0.25, -0.2) is 0 Å². The number of hydrogen-bond donors (Lipinski definition) is 1. The van der Waals surface area contributed by atoms with Crippen LogP contribution < -0.4 is 0 Å². The van der Waals surface area contributed by atoms with E-state index in [2.05, 4.69) is 34.6 Å². The third kappa shape index (κ3) is 3.49. The van der Waals surface area contributed by atoms with Gasteiger partial charge < -0.3 is 5.11 Å². The highest BCUT2D eigenvalue weighted by Gasteiger charge is 2.15. The molecule has 0 radical (unpaired) electrons. The predicted octanol–water partition coefficient (Wildman–Crippen LogP) is 3.52. The molecule has 1 aromatic carbocycles. The molecule has 0 saturated heterocycles. The van der Waals surface area contributed by atoms with Gasteiger partial charge in [-0.3, -0.25) is 4.68 Å². The van der Waals surface area contributed by atoms with Crippen LogP contribution in [0.3, 0.4) is 0 Å². The standard InChI is InChI=1S/C14H16ClIN2O/c1-3-10-7-11(18(2)17-10)8-14(19)12-6-9(15)4-5-13(12)16/h4-7,14,19H,3,8H2,1-2H3. The molecular formula is C14H16ClIN2O. The lowest BCUT2D eigenvalue weighted by Gasteiger charge is -2.13. The predicted molar refractivity (Wildman–Crippen MR) is 85.4 cm³/mol. The van der Waals surface area contributed by atoms with Crippen molar-refractivity contribution in [2.75, 3.05) is 0 Å². The molecule has 0 aliphatic heterocycles. The van der Waals surface area contributed by atoms with Gasteiger partial charge in [0.2, 0.25) is 0 Å². The Morgan fingerprint density at radius 2 is 2.16 bits per heavy atom. The maximum absolute atomic E-state index is 10.4. The summed E-state index contributed by atoms with van der Waals surface area (Å²) in [6.07, 6.45) is 0.879. The van der Waals surface area contributed by atoms with E-state index in [4.69, 9.17) is 11.6 Å². The molecule has 0 bridgehead atoms. The number of aliphatic hydroxyl groups is 1. The molecule has 0 saturated carbocycles. The van der Waals surface area contributed by atoms with Crippen LogP contribution in [0.5, 0.6) is 0 Å². The van der Waals surface area contributed by atoms with Gasteiger partial charge in [0.25, 0.3) is 0 Å². The monoisotopic (exact) mass is 390 g/mol. The Labute approximate surface area is 131 Å². The summed E-state index contributed by atoms with van der Waals surface area (Å²) in [5.74, 6) is 0. The van der Waals surface area contributed by atoms with Crippen molar-refractivity contribution in [1.82, 2.24) is 9.78 Å². The molecular weight excluding hydrogens is 375 g/mol. The molecule has 0 fully saturated rings. The first-order valence-electron chi connectivity index (χ1n) is 6.16. The smallest absolute Gasteiger partial charge is 0.0856 e. The quantitative estimate of drug-likeness (QED) is 0.811. The summed E-state index contributed by atoms with van der Waals surface area (Å²) in [6.45, 7) is 2.07. The average molecular weight is 391 g/mol. The summed E-state index contributed by atoms with van der Waals surface area (Å²) >= 11 is 8.20. The van der Waals surface area contributed by atoms with Gasteiger partial charge in [0.15, 0.2) is 0 Å². The first-order valence-corrected chi connectivity index (χ1v) is 7.61. The number of aliphatic hydroxyl groups excluding tert-OH is 1. The largest absolute Gasteiger partial charge is 0.388 e. The number of aromatic nitrogens is 2. The summed E-state index contributed by atoms with van der Waals surface area (Å²) in [4.78, 5) is 0. The summed E-state index contributed by atoms with van der Waals surface area (Å²) < 4.78 is 2.85. The van der Waals surface area contributed by atoms with Gasteiger partial charge in [0.1, 0.15) is 0 Å². The zero-order valence-electron chi connectivity index (χ0n) is 10.9. The Morgan fingerprint density at radius 3 is 2.79 bits per heavy atom. The van der Waals surface area contributed by atoms with Gasteiger partial charge in [0, 0.05) is 27.8 Å². The summed E-state index contributed by atoms with van der Waals surface area (Å²) in [5, 5.41) is 15.4. The fourth-order valence-electron chi connectivity index (χ4n) is 2.01. The van der Waals surface area contributed by atoms with Crippen LogP contribution in [0.15, 0.2) is 24.3 Å². The minimum atomic E-state index is -0.564. The fourth-order valence-corrected chi connectivity index (χ4v) is 2.89. The van der Waals surface area contributed by atoms with Crippen LogP contribution in [0.1, 0.15) is 30.0 Å². The molecule has 0 aliphatic rings. The Bertz CT molecular complexity index is 583. The molecule has 1 aromatic heterocycles. The van der Waals surface area contributed by atoms with Crippen molar-refractivity contribution in [2.24, 2.45) is 7.05 Å². The highest BCUT2D eigenvalue weighted by atomic mass is 127. The Kier molecular flexibility index (Phi) is 4.86. The van der Waals surface area contributed by atoms with E-state index < -0.39 is 6.10 Å². The van der Waals surface area contributed by atoms with E-state index >= 15 is 0 Å². The van der Waals surface area contributed by atoms with Crippen molar-refractivity contribution >= 4 is 34.2 Å². The van der Waals surface area contributed by atoms with Crippen molar-refractivity contribution < 1.29 is 5.11 Å². The zero-order chi connectivity index (χ0) is 14.0. The molecule has 1 heterocycles. The first kappa shape index (κ1) is 14.8. The SMILES string of the molecule is CCc1cc(CC(O)c2cc(Cl)ccc2I)n(C)n1. The second kappa shape index (κ2) is 6.24. The molecule has 0 spiro atoms. The molecule has 19 heavy (non-hydrogen) atoms. The third-order valence-electron chi connectivity index (χ3n) is 3.11. The van der Waals surface area contributed by atoms with E-state index in [1.54, 1.807) is 0 Å². The van der Waals surface area contributed by atoms with Gasteiger partial charge in [-0.1, -0.05) is 18.5 Å². The lowest BCUT2D eigenvalue weighted by atomic mass is 10.0. The van der Waals surface area contributed by atoms with Crippen LogP contribution in [0.25, 0.3) is 0 Å². The third-order valence-corrected chi connectivity index (χ3v) is 4.33. The minimum Gasteiger partial charge on any atom is -0.388 e. The van der Waals surface area contributed by atoms with Crippen LogP contribution in [-0.2, 0) is 19.9 Å². The number of benzene rings is 1. The molecule has 5 heteroatoms. The van der Waals surface area contributed by atoms with Crippen LogP contribution >= 0.6 is 34.2 Å². The lowest BCUT2D eigenvalue weighted by Crippen LogP contribution is -2.07. The Hall–Kier alpha value is -0.590. The molecule has 0 aliphatic carbocycles. The van der Waals surface area contributed by atoms with Crippen molar-refractivity contribution in [3.05, 3.63) is 49.8 Å². The number of halogens is 2. The van der Waals surface area contributed by atoms with Crippen LogP contribution in [0.2, 0.25) is 5.02 Å². The maximum atomic E-state index is 10.4. The second-order valence-corrected chi connectivity index (χ2v) is 6.09. The topological polar surface area (TPSA) is 38.0 Å². The fraction of sp³-hybridized carbons (Fsp3) is 0.357. The molecule has 0 amide bonds. The van der Waals surface area contributed by atoms with Crippen LogP contribution in [-0.4, -0.2) is 14.9 Å². The summed E-state index contributed by atoms with van der Waals surface area (Å²) in [6, 6.07) is 7.62. The number of rotatable bonds is 4. The molecule has 1 unspecified atom stereocenters. The van der Waals surface area contributed by atoms with E-state index in [1.807, 2.05) is 36.0 Å². The molecule has 1 atom stereocenters. The van der Waals surface area contributed by atoms with E-state index in [0.717, 1.165) is 26.9 Å². The van der Waals surface area contributed by atoms with Crippen molar-refractivity contribution in [3.8, 4) is 0 Å². The molecule has 102 valence electrons. The summed E-state index contributed by atoms with van der Waals surface area (Å²) in [5.41, 5.74) is 2.94. The summed E-state index contributed by atoms with van der Waals surface area (Å²) in [7, 11) is 1.91. The zero-order valence-corrected chi connectivity index (χ0v) is 13.8. The molecule has 1 N–H and O–H groups in total. The van der Waals surface area contributed by atoms with E-state index in [9.17, 15) is 5.11 Å². The van der Waals surface area contributed by atoms with Gasteiger partial charge in [-0.2, -0.15) is 5.10 Å². The lowest BCUT2D eigenvalue weighted by molar-refractivity contribution is 0.175. The van der Waals surface area contributed by atoms with Gasteiger partial charge in [-0.15, -0.1) is 0 Å². The molecule has 3 nitrogen and oxygen atoms in total. The van der Waals surface area contributed by atoms with Gasteiger partial charge in [0.05, 0.1) is 11.8 Å². The van der Waals surface area contributed by atoms with Gasteiger partial charge >= 0.3 is 0 Å². The normalized spacial score (nSPS) is 12.7. The van der Waals surface area contributed by atoms with Crippen molar-refractivity contribution in [3.63, 3.8) is 0 Å². The van der Waals surface area contributed by atoms with Crippen molar-refractivity contribution in [1.29, 1.82) is 0 Å². The number of nitrogens with zero attached hydrogens (tertiary/aromatic N) is 2. The van der Waals surface area contributed by atoms with Gasteiger partial charge in [-0.05, 0) is 58.8 Å². The molecule has 2 rings (SSSR count). The highest BCUT2D eigenvalue weighted by Crippen LogP contribution is 2.26. The molecule has 2 aromatic rings. The Balaban J connectivity index is 2.22. The van der Waals surface area contributed by atoms with Crippen molar-refractivity contribution in [2.45, 2.75) is 25.9 Å². The van der Waals surface area contributed by atoms with Crippen LogP contribution in [0.4, 0.5) is 0 Å². The highest BCUT2D eigenvalue weighted by molar-refractivity contribution is 14.1. The maximum Gasteiger partial charge on any atom is 0.0856 e. The number of aryl methyl sites for hydroxylation is 2. The van der Waals surface area contributed by atoms with E-state index in [-0.39, 0.29) is 0 Å². The first-order chi connectivity index (χ1) is 9.01. The van der Waals surface area contributed by atoms with E-state index in [1.165, 1.54) is 0 Å². The minimum absolute atomic E-state index is 0.542. The van der Waals surface area contributed by atoms with Crippen LogP contribution in [0, 0.1) is 3.57 Å². The Morgan fingerprint density at radius 1 is 1.42 bits per heavy atom. The average Bonchev–Trinajstić information content (AvgIpc) is 2.73. The second-order valence-electron chi connectivity index (χ2n) is 4.49. The van der Waals surface area contributed by atoms with E-state index in [0.29, 0.717) is 11.4 Å². The number of hydrogen-bond acceptors (Lipinski definition) is 2.